The maximum Gasteiger partial charge on any atom is 0.442 e. The number of aromatic nitrogens is 1. The summed E-state index contributed by atoms with van der Waals surface area (Å²) in [6.45, 7) is 1.07. The Balaban J connectivity index is 2.52. The van der Waals surface area contributed by atoms with Gasteiger partial charge in [-0.2, -0.15) is 13.2 Å². The second kappa shape index (κ2) is 7.36. The number of carbonyl (C=O) groups is 2. The summed E-state index contributed by atoms with van der Waals surface area (Å²) in [6.07, 6.45) is -5.19. The molecule has 2 N–H and O–H groups in total. The number of thiazole rings is 1. The molecule has 1 aromatic carbocycles. The van der Waals surface area contributed by atoms with Gasteiger partial charge in [0.1, 0.15) is 0 Å². The fourth-order valence-electron chi connectivity index (χ4n) is 1.99. The highest BCUT2D eigenvalue weighted by atomic mass is 32.1. The number of anilines is 1. The van der Waals surface area contributed by atoms with Crippen LogP contribution in [0.2, 0.25) is 0 Å². The molecule has 0 aliphatic heterocycles. The molecule has 11 heteroatoms. The van der Waals surface area contributed by atoms with Crippen molar-refractivity contribution in [1.82, 2.24) is 15.2 Å². The highest BCUT2D eigenvalue weighted by Gasteiger charge is 2.64. The summed E-state index contributed by atoms with van der Waals surface area (Å²) in [5.74, 6) is -1.68. The number of ether oxygens (including phenoxy) is 1. The summed E-state index contributed by atoms with van der Waals surface area (Å²) in [5.41, 5.74) is -3.02. The summed E-state index contributed by atoms with van der Waals surface area (Å²) in [6, 6.07) is 5.57. The number of hydrogen-bond donors (Lipinski definition) is 2. The van der Waals surface area contributed by atoms with Crippen LogP contribution in [0.4, 0.5) is 23.1 Å². The molecular weight excluding hydrogens is 373 g/mol. The maximum atomic E-state index is 13.9. The van der Waals surface area contributed by atoms with Crippen LogP contribution in [0.5, 0.6) is 0 Å². The Morgan fingerprint density at radius 2 is 1.92 bits per heavy atom. The van der Waals surface area contributed by atoms with E-state index in [0.29, 0.717) is 10.2 Å². The van der Waals surface area contributed by atoms with Crippen LogP contribution in [-0.2, 0) is 9.53 Å². The van der Waals surface area contributed by atoms with E-state index in [1.54, 1.807) is 29.6 Å². The Morgan fingerprint density at radius 3 is 2.46 bits per heavy atom. The van der Waals surface area contributed by atoms with Crippen LogP contribution in [0.25, 0.3) is 10.2 Å². The Hall–Kier alpha value is -2.56. The molecule has 1 heterocycles. The number of alkyl halides is 3. The molecule has 0 aliphatic rings. The average molecular weight is 390 g/mol. The van der Waals surface area contributed by atoms with E-state index in [-0.39, 0.29) is 11.7 Å². The van der Waals surface area contributed by atoms with Crippen molar-refractivity contribution in [3.05, 3.63) is 24.3 Å². The van der Waals surface area contributed by atoms with Gasteiger partial charge in [0, 0.05) is 14.1 Å². The molecule has 26 heavy (non-hydrogen) atoms. The zero-order valence-corrected chi connectivity index (χ0v) is 15.0. The zero-order chi connectivity index (χ0) is 19.5. The molecule has 0 bridgehead atoms. The van der Waals surface area contributed by atoms with Crippen LogP contribution in [0.15, 0.2) is 24.3 Å². The van der Waals surface area contributed by atoms with E-state index < -0.39 is 23.8 Å². The highest BCUT2D eigenvalue weighted by molar-refractivity contribution is 7.22. The first-order valence-electron chi connectivity index (χ1n) is 7.48. The summed E-state index contributed by atoms with van der Waals surface area (Å²) in [7, 11) is 2.50. The molecule has 0 saturated heterocycles. The molecule has 2 amide bonds. The number of carbonyl (C=O) groups excluding carboxylic acids is 2. The van der Waals surface area contributed by atoms with E-state index in [4.69, 9.17) is 0 Å². The molecule has 1 aromatic heterocycles. The van der Waals surface area contributed by atoms with Crippen LogP contribution < -0.4 is 10.6 Å². The SMILES string of the molecule is CCOC(=O)[C@@](NC(=O)N(C)C)(Nc1nc2ccccc2s1)C(F)(F)F. The van der Waals surface area contributed by atoms with Gasteiger partial charge < -0.3 is 15.0 Å². The van der Waals surface area contributed by atoms with Gasteiger partial charge in [-0.15, -0.1) is 0 Å². The molecule has 0 aliphatic carbocycles. The molecule has 0 fully saturated rings. The lowest BCUT2D eigenvalue weighted by atomic mass is 10.1. The predicted molar refractivity (Wildman–Crippen MR) is 90.9 cm³/mol. The minimum absolute atomic E-state index is 0.185. The van der Waals surface area contributed by atoms with Gasteiger partial charge in [0.05, 0.1) is 16.8 Å². The summed E-state index contributed by atoms with van der Waals surface area (Å²) >= 11 is 0.916. The minimum Gasteiger partial charge on any atom is -0.463 e. The first kappa shape index (κ1) is 19.8. The molecular formula is C15H17F3N4O3S. The third kappa shape index (κ3) is 3.82. The van der Waals surface area contributed by atoms with E-state index in [1.807, 2.05) is 5.32 Å². The zero-order valence-electron chi connectivity index (χ0n) is 14.2. The van der Waals surface area contributed by atoms with Gasteiger partial charge in [-0.25, -0.2) is 14.6 Å². The number of esters is 1. The lowest BCUT2D eigenvalue weighted by Gasteiger charge is -2.35. The normalized spacial score (nSPS) is 13.8. The number of fused-ring (bicyclic) bond motifs is 1. The smallest absolute Gasteiger partial charge is 0.442 e. The third-order valence-electron chi connectivity index (χ3n) is 3.30. The van der Waals surface area contributed by atoms with Crippen molar-refractivity contribution < 1.29 is 27.5 Å². The Bertz CT molecular complexity index is 776. The summed E-state index contributed by atoms with van der Waals surface area (Å²) in [5, 5.41) is 3.55. The number of nitrogens with zero attached hydrogens (tertiary/aromatic N) is 2. The van der Waals surface area contributed by atoms with Crippen molar-refractivity contribution in [2.24, 2.45) is 0 Å². The second-order valence-corrected chi connectivity index (χ2v) is 6.44. The van der Waals surface area contributed by atoms with Crippen molar-refractivity contribution in [2.45, 2.75) is 18.8 Å². The molecule has 0 saturated carbocycles. The number of rotatable bonds is 5. The van der Waals surface area contributed by atoms with Crippen molar-refractivity contribution in [1.29, 1.82) is 0 Å². The van der Waals surface area contributed by atoms with Crippen LogP contribution >= 0.6 is 11.3 Å². The van der Waals surface area contributed by atoms with Gasteiger partial charge in [0.15, 0.2) is 5.13 Å². The number of halogens is 3. The van der Waals surface area contributed by atoms with Crippen LogP contribution in [0.3, 0.4) is 0 Å². The third-order valence-corrected chi connectivity index (χ3v) is 4.25. The van der Waals surface area contributed by atoms with Crippen molar-refractivity contribution in [2.75, 3.05) is 26.0 Å². The molecule has 0 spiro atoms. The number of nitrogens with one attached hydrogen (secondary N) is 2. The topological polar surface area (TPSA) is 83.6 Å². The van der Waals surface area contributed by atoms with E-state index in [0.717, 1.165) is 16.2 Å². The molecule has 1 atom stereocenters. The fourth-order valence-corrected chi connectivity index (χ4v) is 2.91. The van der Waals surface area contributed by atoms with Crippen LogP contribution in [0.1, 0.15) is 6.92 Å². The van der Waals surface area contributed by atoms with E-state index in [1.165, 1.54) is 21.0 Å². The summed E-state index contributed by atoms with van der Waals surface area (Å²) < 4.78 is 46.9. The Kier molecular flexibility index (Phi) is 5.59. The van der Waals surface area contributed by atoms with Crippen molar-refractivity contribution in [3.63, 3.8) is 0 Å². The molecule has 142 valence electrons. The van der Waals surface area contributed by atoms with Crippen molar-refractivity contribution >= 4 is 38.7 Å². The number of amides is 2. The fraction of sp³-hybridized carbons (Fsp3) is 0.400. The quantitative estimate of drug-likeness (QED) is 0.606. The first-order valence-corrected chi connectivity index (χ1v) is 8.29. The van der Waals surface area contributed by atoms with Crippen molar-refractivity contribution in [3.8, 4) is 0 Å². The monoisotopic (exact) mass is 390 g/mol. The number of para-hydroxylation sites is 1. The lowest BCUT2D eigenvalue weighted by molar-refractivity contribution is -0.204. The summed E-state index contributed by atoms with van der Waals surface area (Å²) in [4.78, 5) is 29.1. The highest BCUT2D eigenvalue weighted by Crippen LogP contribution is 2.35. The largest absolute Gasteiger partial charge is 0.463 e. The van der Waals surface area contributed by atoms with Gasteiger partial charge in [-0.3, -0.25) is 5.32 Å². The number of hydrogen-bond acceptors (Lipinski definition) is 6. The molecule has 2 rings (SSSR count). The first-order chi connectivity index (χ1) is 12.1. The predicted octanol–water partition coefficient (Wildman–Crippen LogP) is 2.80. The van der Waals surface area contributed by atoms with Crippen LogP contribution in [-0.4, -0.2) is 54.4 Å². The van der Waals surface area contributed by atoms with Gasteiger partial charge in [0.25, 0.3) is 0 Å². The van der Waals surface area contributed by atoms with E-state index in [2.05, 4.69) is 9.72 Å². The lowest BCUT2D eigenvalue weighted by Crippen LogP contribution is -2.70. The van der Waals surface area contributed by atoms with Gasteiger partial charge in [0.2, 0.25) is 0 Å². The maximum absolute atomic E-state index is 13.9. The molecule has 7 nitrogen and oxygen atoms in total. The van der Waals surface area contributed by atoms with Crippen LogP contribution in [0, 0.1) is 0 Å². The standard InChI is InChI=1S/C15H17F3N4O3S/c1-4-25-11(23)14(15(16,17)18,21-13(24)22(2)3)20-12-19-9-7-5-6-8-10(9)26-12/h5-8H,4H2,1-3H3,(H,19,20)(H,21,24)/t14-/m0/s1. The van der Waals surface area contributed by atoms with E-state index >= 15 is 0 Å². The molecule has 0 radical (unpaired) electrons. The van der Waals surface area contributed by atoms with E-state index in [9.17, 15) is 22.8 Å². The Morgan fingerprint density at radius 1 is 1.27 bits per heavy atom. The number of benzene rings is 1. The minimum atomic E-state index is -5.19. The molecule has 2 aromatic rings. The number of urea groups is 1. The molecule has 0 unspecified atom stereocenters. The van der Waals surface area contributed by atoms with Gasteiger partial charge in [-0.1, -0.05) is 23.5 Å². The Labute approximate surface area is 151 Å². The second-order valence-electron chi connectivity index (χ2n) is 5.40. The van der Waals surface area contributed by atoms with Gasteiger partial charge in [-0.05, 0) is 19.1 Å². The van der Waals surface area contributed by atoms with Gasteiger partial charge >= 0.3 is 23.8 Å². The average Bonchev–Trinajstić information content (AvgIpc) is 2.95.